The molecule has 5 nitrogen and oxygen atoms in total. The summed E-state index contributed by atoms with van der Waals surface area (Å²) < 4.78 is 0. The van der Waals surface area contributed by atoms with Crippen LogP contribution in [0, 0.1) is 25.2 Å². The van der Waals surface area contributed by atoms with Gasteiger partial charge in [-0.2, -0.15) is 5.26 Å². The molecule has 5 heteroatoms. The molecule has 0 aliphatic rings. The number of aromatic nitrogens is 1. The molecule has 1 heterocycles. The molecule has 0 saturated carbocycles. The second kappa shape index (κ2) is 7.49. The number of nitrogens with zero attached hydrogens (tertiary/aromatic N) is 2. The van der Waals surface area contributed by atoms with Crippen LogP contribution in [0.1, 0.15) is 27.0 Å². The van der Waals surface area contributed by atoms with E-state index in [1.165, 1.54) is 6.20 Å². The Morgan fingerprint density at radius 1 is 1.04 bits per heavy atom. The summed E-state index contributed by atoms with van der Waals surface area (Å²) in [5, 5.41) is 15.0. The minimum Gasteiger partial charge on any atom is -0.354 e. The van der Waals surface area contributed by atoms with Gasteiger partial charge in [-0.15, -0.1) is 0 Å². The lowest BCUT2D eigenvalue weighted by Gasteiger charge is -2.11. The van der Waals surface area contributed by atoms with Crippen LogP contribution in [0.15, 0.2) is 60.9 Å². The van der Waals surface area contributed by atoms with Crippen LogP contribution in [0.3, 0.4) is 0 Å². The summed E-state index contributed by atoms with van der Waals surface area (Å²) in [5.41, 5.74) is 5.47. The lowest BCUT2D eigenvalue weighted by atomic mass is 10.1. The molecule has 3 rings (SSSR count). The number of nitriles is 1. The molecule has 26 heavy (non-hydrogen) atoms. The van der Waals surface area contributed by atoms with Crippen LogP contribution in [0.2, 0.25) is 0 Å². The maximum atomic E-state index is 12.5. The first-order valence-electron chi connectivity index (χ1n) is 8.16. The molecule has 2 N–H and O–H groups in total. The average molecular weight is 342 g/mol. The normalized spacial score (nSPS) is 10.0. The molecule has 0 saturated heterocycles. The predicted molar refractivity (Wildman–Crippen MR) is 103 cm³/mol. The van der Waals surface area contributed by atoms with Crippen LogP contribution in [-0.4, -0.2) is 10.9 Å². The molecule has 1 aromatic heterocycles. The minimum absolute atomic E-state index is 0.280. The van der Waals surface area contributed by atoms with E-state index >= 15 is 0 Å². The first-order valence-corrected chi connectivity index (χ1v) is 8.16. The van der Waals surface area contributed by atoms with E-state index in [1.807, 2.05) is 19.9 Å². The molecule has 0 atom stereocenters. The molecule has 2 aromatic carbocycles. The van der Waals surface area contributed by atoms with Crippen molar-refractivity contribution in [3.8, 4) is 6.07 Å². The zero-order chi connectivity index (χ0) is 18.5. The minimum atomic E-state index is -0.280. The van der Waals surface area contributed by atoms with Gasteiger partial charge in [-0.05, 0) is 55.3 Å². The Hall–Kier alpha value is -3.65. The SMILES string of the molecule is Cc1ccc(C)c(Nc2cncc(C(=O)Nc3cccc(C#N)c3)c2)c1. The van der Waals surface area contributed by atoms with E-state index in [2.05, 4.69) is 33.8 Å². The van der Waals surface area contributed by atoms with Gasteiger partial charge in [-0.3, -0.25) is 9.78 Å². The fourth-order valence-corrected chi connectivity index (χ4v) is 2.53. The molecule has 1 amide bonds. The maximum Gasteiger partial charge on any atom is 0.257 e. The highest BCUT2D eigenvalue weighted by Crippen LogP contribution is 2.22. The zero-order valence-corrected chi connectivity index (χ0v) is 14.6. The predicted octanol–water partition coefficient (Wildman–Crippen LogP) is 4.57. The first-order chi connectivity index (χ1) is 12.5. The van der Waals surface area contributed by atoms with Gasteiger partial charge in [0.2, 0.25) is 0 Å². The van der Waals surface area contributed by atoms with Gasteiger partial charge in [-0.25, -0.2) is 0 Å². The van der Waals surface area contributed by atoms with Crippen LogP contribution in [0.5, 0.6) is 0 Å². The molecule has 0 spiro atoms. The van der Waals surface area contributed by atoms with Crippen molar-refractivity contribution in [3.05, 3.63) is 83.2 Å². The van der Waals surface area contributed by atoms with E-state index < -0.39 is 0 Å². The molecule has 0 bridgehead atoms. The van der Waals surface area contributed by atoms with Crippen molar-refractivity contribution in [3.63, 3.8) is 0 Å². The lowest BCUT2D eigenvalue weighted by Crippen LogP contribution is -2.12. The average Bonchev–Trinajstić information content (AvgIpc) is 2.65. The summed E-state index contributed by atoms with van der Waals surface area (Å²) in [6, 6.07) is 16.7. The first kappa shape index (κ1) is 17.2. The molecule has 0 radical (unpaired) electrons. The smallest absolute Gasteiger partial charge is 0.257 e. The number of nitrogens with one attached hydrogen (secondary N) is 2. The molecule has 3 aromatic rings. The van der Waals surface area contributed by atoms with Crippen LogP contribution in [-0.2, 0) is 0 Å². The third-order valence-electron chi connectivity index (χ3n) is 3.92. The Morgan fingerprint density at radius 3 is 2.69 bits per heavy atom. The Labute approximate surface area is 152 Å². The second-order valence-electron chi connectivity index (χ2n) is 6.05. The summed E-state index contributed by atoms with van der Waals surface area (Å²) in [6.45, 7) is 4.05. The number of carbonyl (C=O) groups is 1. The standard InChI is InChI=1S/C21H18N4O/c1-14-6-7-15(2)20(8-14)24-19-10-17(12-23-13-19)21(26)25-18-5-3-4-16(9-18)11-22/h3-10,12-13,24H,1-2H3,(H,25,26). The van der Waals surface area contributed by atoms with Gasteiger partial charge in [0.25, 0.3) is 5.91 Å². The Bertz CT molecular complexity index is 1000. The molecule has 0 aliphatic carbocycles. The molecular formula is C21H18N4O. The number of hydrogen-bond acceptors (Lipinski definition) is 4. The highest BCUT2D eigenvalue weighted by atomic mass is 16.1. The van der Waals surface area contributed by atoms with Gasteiger partial charge in [0.1, 0.15) is 0 Å². The van der Waals surface area contributed by atoms with E-state index in [0.717, 1.165) is 22.5 Å². The Kier molecular flexibility index (Phi) is 4.95. The third-order valence-corrected chi connectivity index (χ3v) is 3.92. The van der Waals surface area contributed by atoms with Gasteiger partial charge in [0.05, 0.1) is 29.1 Å². The fourth-order valence-electron chi connectivity index (χ4n) is 2.53. The summed E-state index contributed by atoms with van der Waals surface area (Å²) in [6.07, 6.45) is 3.19. The highest BCUT2D eigenvalue weighted by Gasteiger charge is 2.09. The van der Waals surface area contributed by atoms with Gasteiger partial charge in [-0.1, -0.05) is 18.2 Å². The Morgan fingerprint density at radius 2 is 1.88 bits per heavy atom. The van der Waals surface area contributed by atoms with Crippen molar-refractivity contribution >= 4 is 23.0 Å². The van der Waals surface area contributed by atoms with Crippen molar-refractivity contribution in [2.75, 3.05) is 10.6 Å². The van der Waals surface area contributed by atoms with Crippen LogP contribution < -0.4 is 10.6 Å². The highest BCUT2D eigenvalue weighted by molar-refractivity contribution is 6.04. The van der Waals surface area contributed by atoms with Crippen molar-refractivity contribution in [1.29, 1.82) is 5.26 Å². The number of benzene rings is 2. The van der Waals surface area contributed by atoms with E-state index in [-0.39, 0.29) is 5.91 Å². The molecule has 0 unspecified atom stereocenters. The maximum absolute atomic E-state index is 12.5. The quantitative estimate of drug-likeness (QED) is 0.728. The number of anilines is 3. The number of amides is 1. The van der Waals surface area contributed by atoms with E-state index in [1.54, 1.807) is 36.5 Å². The van der Waals surface area contributed by atoms with Crippen LogP contribution >= 0.6 is 0 Å². The largest absolute Gasteiger partial charge is 0.354 e. The van der Waals surface area contributed by atoms with Crippen molar-refractivity contribution in [1.82, 2.24) is 4.98 Å². The second-order valence-corrected chi connectivity index (χ2v) is 6.05. The van der Waals surface area contributed by atoms with Crippen molar-refractivity contribution in [2.45, 2.75) is 13.8 Å². The number of rotatable bonds is 4. The number of hydrogen-bond donors (Lipinski definition) is 2. The monoisotopic (exact) mass is 342 g/mol. The van der Waals surface area contributed by atoms with E-state index in [4.69, 9.17) is 5.26 Å². The number of pyridine rings is 1. The van der Waals surface area contributed by atoms with Gasteiger partial charge < -0.3 is 10.6 Å². The topological polar surface area (TPSA) is 77.8 Å². The summed E-state index contributed by atoms with van der Waals surface area (Å²) in [4.78, 5) is 16.6. The van der Waals surface area contributed by atoms with Gasteiger partial charge in [0.15, 0.2) is 0 Å². The van der Waals surface area contributed by atoms with Gasteiger partial charge >= 0.3 is 0 Å². The third kappa shape index (κ3) is 4.05. The summed E-state index contributed by atoms with van der Waals surface area (Å²) >= 11 is 0. The van der Waals surface area contributed by atoms with Gasteiger partial charge in [0, 0.05) is 17.6 Å². The number of carbonyl (C=O) groups excluding carboxylic acids is 1. The van der Waals surface area contributed by atoms with Crippen molar-refractivity contribution < 1.29 is 4.79 Å². The lowest BCUT2D eigenvalue weighted by molar-refractivity contribution is 0.102. The summed E-state index contributed by atoms with van der Waals surface area (Å²) in [7, 11) is 0. The fraction of sp³-hybridized carbons (Fsp3) is 0.0952. The molecule has 128 valence electrons. The Balaban J connectivity index is 1.79. The molecular weight excluding hydrogens is 324 g/mol. The van der Waals surface area contributed by atoms with E-state index in [9.17, 15) is 4.79 Å². The molecule has 0 fully saturated rings. The van der Waals surface area contributed by atoms with Crippen LogP contribution in [0.25, 0.3) is 0 Å². The summed E-state index contributed by atoms with van der Waals surface area (Å²) in [5.74, 6) is -0.280. The van der Waals surface area contributed by atoms with E-state index in [0.29, 0.717) is 16.8 Å². The number of aryl methyl sites for hydroxylation is 2. The van der Waals surface area contributed by atoms with Crippen molar-refractivity contribution in [2.24, 2.45) is 0 Å². The molecule has 0 aliphatic heterocycles. The van der Waals surface area contributed by atoms with Crippen LogP contribution in [0.4, 0.5) is 17.1 Å². The zero-order valence-electron chi connectivity index (χ0n) is 14.6.